The Morgan fingerprint density at radius 3 is 2.15 bits per heavy atom. The Balaban J connectivity index is 0.00000126. The third kappa shape index (κ3) is 5.72. The molecule has 0 fully saturated rings. The fourth-order valence-corrected chi connectivity index (χ4v) is 2.64. The zero-order valence-corrected chi connectivity index (χ0v) is 17.2. The van der Waals surface area contributed by atoms with Crippen LogP contribution in [0.1, 0.15) is 58.9 Å². The quantitative estimate of drug-likeness (QED) is 0.411. The molecule has 0 radical (unpaired) electrons. The predicted octanol–water partition coefficient (Wildman–Crippen LogP) is 7.34. The van der Waals surface area contributed by atoms with Gasteiger partial charge in [-0.25, -0.2) is 0 Å². The molecule has 0 aliphatic heterocycles. The molecule has 27 heavy (non-hydrogen) atoms. The van der Waals surface area contributed by atoms with E-state index < -0.39 is 0 Å². The molecule has 3 rings (SSSR count). The predicted molar refractivity (Wildman–Crippen MR) is 113 cm³/mol. The number of hydrogen-bond acceptors (Lipinski definition) is 3. The summed E-state index contributed by atoms with van der Waals surface area (Å²) in [5, 5.41) is 4.21. The summed E-state index contributed by atoms with van der Waals surface area (Å²) in [6.45, 7) is 11.3. The fourth-order valence-electron chi connectivity index (χ4n) is 2.64. The van der Waals surface area contributed by atoms with Crippen molar-refractivity contribution in [3.05, 3.63) is 60.2 Å². The number of unbranched alkanes of at least 4 members (excludes halogenated alkanes) is 1. The lowest BCUT2D eigenvalue weighted by Gasteiger charge is -2.05. The van der Waals surface area contributed by atoms with Gasteiger partial charge >= 0.3 is 0 Å². The maximum absolute atomic E-state index is 5.70. The van der Waals surface area contributed by atoms with Gasteiger partial charge in [0.25, 0.3) is 0 Å². The van der Waals surface area contributed by atoms with Gasteiger partial charge in [-0.15, -0.1) is 0 Å². The van der Waals surface area contributed by atoms with Crippen molar-refractivity contribution in [2.45, 2.75) is 53.4 Å². The minimum Gasteiger partial charge on any atom is -0.494 e. The standard InChI is InChI=1S/C22H25NO2.C2H6/c1-4-5-14-24-20-12-10-19(11-13-20)22-15-21(23-25-22)18-8-6-17(7-9-18)16(2)3;1-2/h6-13,15-16H,4-5,14H2,1-3H3;1-2H3. The van der Waals surface area contributed by atoms with E-state index in [1.807, 2.05) is 44.2 Å². The van der Waals surface area contributed by atoms with Gasteiger partial charge in [0.2, 0.25) is 0 Å². The lowest BCUT2D eigenvalue weighted by atomic mass is 10.0. The maximum Gasteiger partial charge on any atom is 0.167 e. The van der Waals surface area contributed by atoms with Gasteiger partial charge in [-0.1, -0.05) is 70.5 Å². The monoisotopic (exact) mass is 365 g/mol. The van der Waals surface area contributed by atoms with Gasteiger partial charge in [-0.2, -0.15) is 0 Å². The molecule has 3 aromatic rings. The van der Waals surface area contributed by atoms with E-state index in [9.17, 15) is 0 Å². The van der Waals surface area contributed by atoms with Crippen LogP contribution in [0.4, 0.5) is 0 Å². The van der Waals surface area contributed by atoms with Crippen molar-refractivity contribution >= 4 is 0 Å². The van der Waals surface area contributed by atoms with Gasteiger partial charge in [0.1, 0.15) is 11.4 Å². The smallest absolute Gasteiger partial charge is 0.167 e. The highest BCUT2D eigenvalue weighted by atomic mass is 16.5. The van der Waals surface area contributed by atoms with Gasteiger partial charge in [-0.05, 0) is 42.2 Å². The van der Waals surface area contributed by atoms with Crippen molar-refractivity contribution in [2.75, 3.05) is 6.61 Å². The number of hydrogen-bond donors (Lipinski definition) is 0. The Kier molecular flexibility index (Phi) is 8.12. The van der Waals surface area contributed by atoms with Crippen molar-refractivity contribution in [1.29, 1.82) is 0 Å². The average Bonchev–Trinajstić information content (AvgIpc) is 3.20. The molecular formula is C24H31NO2. The molecule has 0 amide bonds. The highest BCUT2D eigenvalue weighted by Gasteiger charge is 2.09. The minimum absolute atomic E-state index is 0.528. The average molecular weight is 366 g/mol. The molecule has 0 aliphatic carbocycles. The molecule has 0 saturated heterocycles. The Labute approximate surface area is 163 Å². The molecule has 144 valence electrons. The first-order valence-electron chi connectivity index (χ1n) is 9.97. The highest BCUT2D eigenvalue weighted by molar-refractivity contribution is 5.67. The Morgan fingerprint density at radius 2 is 1.56 bits per heavy atom. The molecule has 0 unspecified atom stereocenters. The van der Waals surface area contributed by atoms with Crippen LogP contribution in [0.5, 0.6) is 5.75 Å². The first-order chi connectivity index (χ1) is 13.2. The summed E-state index contributed by atoms with van der Waals surface area (Å²) >= 11 is 0. The van der Waals surface area contributed by atoms with Crippen LogP contribution in [0.15, 0.2) is 59.1 Å². The summed E-state index contributed by atoms with van der Waals surface area (Å²) in [5.41, 5.74) is 4.25. The summed E-state index contributed by atoms with van der Waals surface area (Å²) in [6.07, 6.45) is 2.21. The number of ether oxygens (including phenoxy) is 1. The van der Waals surface area contributed by atoms with Crippen LogP contribution >= 0.6 is 0 Å². The summed E-state index contributed by atoms with van der Waals surface area (Å²) in [5.74, 6) is 2.18. The summed E-state index contributed by atoms with van der Waals surface area (Å²) < 4.78 is 11.2. The number of aromatic nitrogens is 1. The molecule has 3 heteroatoms. The second-order valence-electron chi connectivity index (χ2n) is 6.58. The summed E-state index contributed by atoms with van der Waals surface area (Å²) in [4.78, 5) is 0. The van der Waals surface area contributed by atoms with E-state index in [0.717, 1.165) is 47.8 Å². The molecule has 0 saturated carbocycles. The van der Waals surface area contributed by atoms with Crippen molar-refractivity contribution in [1.82, 2.24) is 5.16 Å². The lowest BCUT2D eigenvalue weighted by Crippen LogP contribution is -1.95. The molecule has 2 aromatic carbocycles. The van der Waals surface area contributed by atoms with Crippen LogP contribution in [0, 0.1) is 0 Å². The van der Waals surface area contributed by atoms with E-state index in [2.05, 4.69) is 50.2 Å². The number of rotatable bonds is 7. The van der Waals surface area contributed by atoms with E-state index in [0.29, 0.717) is 5.92 Å². The van der Waals surface area contributed by atoms with Gasteiger partial charge in [0, 0.05) is 17.2 Å². The molecule has 0 spiro atoms. The SMILES string of the molecule is CC.CCCCOc1ccc(-c2cc(-c3ccc(C(C)C)cc3)no2)cc1. The van der Waals surface area contributed by atoms with Gasteiger partial charge in [0.15, 0.2) is 5.76 Å². The van der Waals surface area contributed by atoms with Crippen molar-refractivity contribution in [2.24, 2.45) is 0 Å². The molecule has 0 bridgehead atoms. The van der Waals surface area contributed by atoms with Crippen LogP contribution < -0.4 is 4.74 Å². The zero-order valence-electron chi connectivity index (χ0n) is 17.2. The third-order valence-electron chi connectivity index (χ3n) is 4.29. The van der Waals surface area contributed by atoms with Crippen molar-refractivity contribution < 1.29 is 9.26 Å². The molecule has 0 N–H and O–H groups in total. The van der Waals surface area contributed by atoms with Crippen LogP contribution in [-0.2, 0) is 0 Å². The van der Waals surface area contributed by atoms with Gasteiger partial charge in [-0.3, -0.25) is 0 Å². The first-order valence-corrected chi connectivity index (χ1v) is 9.97. The summed E-state index contributed by atoms with van der Waals surface area (Å²) in [7, 11) is 0. The molecule has 0 atom stereocenters. The molecular weight excluding hydrogens is 334 g/mol. The van der Waals surface area contributed by atoms with Gasteiger partial charge in [0.05, 0.1) is 6.61 Å². The van der Waals surface area contributed by atoms with Crippen molar-refractivity contribution in [3.8, 4) is 28.3 Å². The number of benzene rings is 2. The Hall–Kier alpha value is -2.55. The van der Waals surface area contributed by atoms with Crippen LogP contribution in [-0.4, -0.2) is 11.8 Å². The van der Waals surface area contributed by atoms with E-state index in [1.54, 1.807) is 0 Å². The molecule has 0 aliphatic rings. The minimum atomic E-state index is 0.528. The second-order valence-corrected chi connectivity index (χ2v) is 6.58. The topological polar surface area (TPSA) is 35.3 Å². The van der Waals surface area contributed by atoms with E-state index >= 15 is 0 Å². The third-order valence-corrected chi connectivity index (χ3v) is 4.29. The molecule has 1 aromatic heterocycles. The lowest BCUT2D eigenvalue weighted by molar-refractivity contribution is 0.309. The van der Waals surface area contributed by atoms with Gasteiger partial charge < -0.3 is 9.26 Å². The number of nitrogens with zero attached hydrogens (tertiary/aromatic N) is 1. The van der Waals surface area contributed by atoms with E-state index in [4.69, 9.17) is 9.26 Å². The largest absolute Gasteiger partial charge is 0.494 e. The maximum atomic E-state index is 5.70. The van der Waals surface area contributed by atoms with E-state index in [-0.39, 0.29) is 0 Å². The Morgan fingerprint density at radius 1 is 0.926 bits per heavy atom. The second kappa shape index (κ2) is 10.6. The van der Waals surface area contributed by atoms with Crippen LogP contribution in [0.2, 0.25) is 0 Å². The van der Waals surface area contributed by atoms with Crippen LogP contribution in [0.3, 0.4) is 0 Å². The van der Waals surface area contributed by atoms with E-state index in [1.165, 1.54) is 5.56 Å². The first kappa shape index (κ1) is 20.8. The normalized spacial score (nSPS) is 10.4. The fraction of sp³-hybridized carbons (Fsp3) is 0.375. The zero-order chi connectivity index (χ0) is 19.6. The van der Waals surface area contributed by atoms with Crippen molar-refractivity contribution in [3.63, 3.8) is 0 Å². The van der Waals surface area contributed by atoms with Crippen LogP contribution in [0.25, 0.3) is 22.6 Å². The molecule has 3 nitrogen and oxygen atoms in total. The summed E-state index contributed by atoms with van der Waals surface area (Å²) in [6, 6.07) is 18.4. The molecule has 1 heterocycles. The highest BCUT2D eigenvalue weighted by Crippen LogP contribution is 2.28. The Bertz CT molecular complexity index is 786.